The number of nitriles is 2. The van der Waals surface area contributed by atoms with Gasteiger partial charge in [0, 0.05) is 31.4 Å². The van der Waals surface area contributed by atoms with Gasteiger partial charge in [0.2, 0.25) is 0 Å². The zero-order chi connectivity index (χ0) is 22.4. The number of benzene rings is 2. The molecule has 0 saturated carbocycles. The zero-order valence-electron chi connectivity index (χ0n) is 18.7. The molecule has 32 heavy (non-hydrogen) atoms. The fourth-order valence-electron chi connectivity index (χ4n) is 4.60. The second-order valence-electron chi connectivity index (χ2n) is 8.97. The molecule has 0 aliphatic carbocycles. The van der Waals surface area contributed by atoms with Crippen LogP contribution >= 0.6 is 0 Å². The van der Waals surface area contributed by atoms with E-state index in [0.717, 1.165) is 57.4 Å². The highest BCUT2D eigenvalue weighted by Crippen LogP contribution is 2.34. The van der Waals surface area contributed by atoms with Crippen molar-refractivity contribution in [2.45, 2.75) is 39.2 Å². The van der Waals surface area contributed by atoms with E-state index in [0.29, 0.717) is 5.56 Å². The molecule has 0 atom stereocenters. The molecule has 2 aromatic carbocycles. The minimum absolute atomic E-state index is 0.248. The van der Waals surface area contributed by atoms with Crippen molar-refractivity contribution in [1.29, 1.82) is 10.5 Å². The topological polar surface area (TPSA) is 68.6 Å². The maximum Gasteiger partial charge on any atom is 0.0991 e. The molecule has 5 nitrogen and oxygen atoms in total. The van der Waals surface area contributed by atoms with Gasteiger partial charge in [0.05, 0.1) is 29.4 Å². The first kappa shape index (κ1) is 21.8. The number of hydrogen-bond donors (Lipinski definition) is 0. The molecule has 1 saturated heterocycles. The van der Waals surface area contributed by atoms with E-state index >= 15 is 0 Å². The molecule has 0 spiro atoms. The van der Waals surface area contributed by atoms with E-state index in [9.17, 15) is 5.26 Å². The molecule has 0 N–H and O–H groups in total. The van der Waals surface area contributed by atoms with Gasteiger partial charge in [-0.1, -0.05) is 42.0 Å². The molecule has 1 aromatic heterocycles. The minimum atomic E-state index is -0.248. The Morgan fingerprint density at radius 2 is 1.81 bits per heavy atom. The molecule has 1 aliphatic rings. The Balaban J connectivity index is 1.31. The predicted octanol–water partition coefficient (Wildman–Crippen LogP) is 4.50. The molecule has 162 valence electrons. The second kappa shape index (κ2) is 9.81. The van der Waals surface area contributed by atoms with Gasteiger partial charge in [-0.25, -0.2) is 4.98 Å². The van der Waals surface area contributed by atoms with Crippen LogP contribution in [-0.2, 0) is 19.4 Å². The summed E-state index contributed by atoms with van der Waals surface area (Å²) >= 11 is 0. The molecule has 1 aliphatic heterocycles. The van der Waals surface area contributed by atoms with Gasteiger partial charge in [-0.2, -0.15) is 10.5 Å². The van der Waals surface area contributed by atoms with Gasteiger partial charge in [0.1, 0.15) is 0 Å². The van der Waals surface area contributed by atoms with Crippen molar-refractivity contribution in [3.63, 3.8) is 0 Å². The third kappa shape index (κ3) is 5.25. The number of imidazole rings is 1. The lowest BCUT2D eigenvalue weighted by atomic mass is 9.75. The van der Waals surface area contributed by atoms with Crippen LogP contribution in [0, 0.1) is 35.0 Å². The van der Waals surface area contributed by atoms with Crippen LogP contribution in [0.5, 0.6) is 0 Å². The molecule has 2 heterocycles. The van der Waals surface area contributed by atoms with Gasteiger partial charge in [0.15, 0.2) is 0 Å². The van der Waals surface area contributed by atoms with E-state index < -0.39 is 0 Å². The number of rotatable bonds is 7. The maximum absolute atomic E-state index is 9.95. The standard InChI is InChI=1S/C27H29N5/c1-22-3-2-4-25(15-22)16-27(20-29)10-13-31(14-11-27)12-9-26-18-30-21-32(26)19-24-7-5-23(17-28)6-8-24/h2-8,15,18,21H,9-14,16,19H2,1H3. The first-order valence-electron chi connectivity index (χ1n) is 11.3. The van der Waals surface area contributed by atoms with E-state index in [1.807, 2.05) is 36.8 Å². The van der Waals surface area contributed by atoms with Crippen LogP contribution in [-0.4, -0.2) is 34.1 Å². The Hall–Kier alpha value is -3.41. The summed E-state index contributed by atoms with van der Waals surface area (Å²) in [5.74, 6) is 0. The van der Waals surface area contributed by atoms with Crippen molar-refractivity contribution in [3.05, 3.63) is 89.0 Å². The Kier molecular flexibility index (Phi) is 6.69. The molecule has 1 fully saturated rings. The highest BCUT2D eigenvalue weighted by atomic mass is 15.1. The monoisotopic (exact) mass is 423 g/mol. The lowest BCUT2D eigenvalue weighted by Crippen LogP contribution is -2.41. The van der Waals surface area contributed by atoms with Gasteiger partial charge >= 0.3 is 0 Å². The van der Waals surface area contributed by atoms with Gasteiger partial charge in [-0.15, -0.1) is 0 Å². The summed E-state index contributed by atoms with van der Waals surface area (Å²) in [6, 6.07) is 21.1. The van der Waals surface area contributed by atoms with E-state index in [1.54, 1.807) is 0 Å². The van der Waals surface area contributed by atoms with Crippen LogP contribution in [0.15, 0.2) is 61.1 Å². The van der Waals surface area contributed by atoms with Gasteiger partial charge in [0.25, 0.3) is 0 Å². The van der Waals surface area contributed by atoms with Crippen molar-refractivity contribution >= 4 is 0 Å². The average Bonchev–Trinajstić information content (AvgIpc) is 3.26. The van der Waals surface area contributed by atoms with Gasteiger partial charge < -0.3 is 9.47 Å². The van der Waals surface area contributed by atoms with Crippen LogP contribution in [0.2, 0.25) is 0 Å². The predicted molar refractivity (Wildman–Crippen MR) is 125 cm³/mol. The van der Waals surface area contributed by atoms with Crippen LogP contribution in [0.4, 0.5) is 0 Å². The summed E-state index contributed by atoms with van der Waals surface area (Å²) < 4.78 is 2.18. The van der Waals surface area contributed by atoms with Crippen LogP contribution in [0.25, 0.3) is 0 Å². The van der Waals surface area contributed by atoms with Gasteiger partial charge in [-0.05, 0) is 62.5 Å². The van der Waals surface area contributed by atoms with Crippen molar-refractivity contribution in [2.75, 3.05) is 19.6 Å². The Bertz CT molecular complexity index is 1120. The lowest BCUT2D eigenvalue weighted by molar-refractivity contribution is 0.145. The SMILES string of the molecule is Cc1cccc(CC2(C#N)CCN(CCc3cncn3Cc3ccc(C#N)cc3)CC2)c1. The number of likely N-dealkylation sites (tertiary alicyclic amines) is 1. The highest BCUT2D eigenvalue weighted by molar-refractivity contribution is 5.32. The molecule has 4 rings (SSSR count). The Morgan fingerprint density at radius 1 is 1.03 bits per heavy atom. The zero-order valence-corrected chi connectivity index (χ0v) is 18.7. The summed E-state index contributed by atoms with van der Waals surface area (Å²) in [5.41, 5.74) is 5.34. The number of piperidine rings is 1. The normalized spacial score (nSPS) is 15.7. The van der Waals surface area contributed by atoms with Crippen LogP contribution in [0.3, 0.4) is 0 Å². The van der Waals surface area contributed by atoms with Gasteiger partial charge in [-0.3, -0.25) is 0 Å². The van der Waals surface area contributed by atoms with Crippen LogP contribution in [0.1, 0.15) is 40.8 Å². The van der Waals surface area contributed by atoms with Crippen molar-refractivity contribution < 1.29 is 0 Å². The third-order valence-electron chi connectivity index (χ3n) is 6.59. The molecule has 0 unspecified atom stereocenters. The Morgan fingerprint density at radius 3 is 2.50 bits per heavy atom. The molecule has 0 radical (unpaired) electrons. The van der Waals surface area contributed by atoms with Crippen molar-refractivity contribution in [1.82, 2.24) is 14.5 Å². The summed E-state index contributed by atoms with van der Waals surface area (Å²) in [4.78, 5) is 6.83. The first-order chi connectivity index (χ1) is 15.6. The van der Waals surface area contributed by atoms with Crippen molar-refractivity contribution in [2.24, 2.45) is 5.41 Å². The van der Waals surface area contributed by atoms with E-state index in [-0.39, 0.29) is 5.41 Å². The van der Waals surface area contributed by atoms with Crippen LogP contribution < -0.4 is 0 Å². The third-order valence-corrected chi connectivity index (χ3v) is 6.59. The largest absolute Gasteiger partial charge is 0.330 e. The molecule has 5 heteroatoms. The summed E-state index contributed by atoms with van der Waals surface area (Å²) in [5, 5.41) is 18.9. The summed E-state index contributed by atoms with van der Waals surface area (Å²) in [6.45, 7) is 5.77. The highest BCUT2D eigenvalue weighted by Gasteiger charge is 2.34. The van der Waals surface area contributed by atoms with Crippen molar-refractivity contribution in [3.8, 4) is 12.1 Å². The summed E-state index contributed by atoms with van der Waals surface area (Å²) in [7, 11) is 0. The quantitative estimate of drug-likeness (QED) is 0.561. The molecular formula is C27H29N5. The van der Waals surface area contributed by atoms with E-state index in [1.165, 1.54) is 16.8 Å². The number of aromatic nitrogens is 2. The second-order valence-corrected chi connectivity index (χ2v) is 8.97. The molecule has 0 amide bonds. The minimum Gasteiger partial charge on any atom is -0.330 e. The first-order valence-corrected chi connectivity index (χ1v) is 11.3. The smallest absolute Gasteiger partial charge is 0.0991 e. The Labute approximate surface area is 190 Å². The maximum atomic E-state index is 9.95. The molecule has 0 bridgehead atoms. The fraction of sp³-hybridized carbons (Fsp3) is 0.370. The number of hydrogen-bond acceptors (Lipinski definition) is 4. The molecule has 3 aromatic rings. The number of aryl methyl sites for hydroxylation is 1. The number of nitrogens with zero attached hydrogens (tertiary/aromatic N) is 5. The van der Waals surface area contributed by atoms with E-state index in [4.69, 9.17) is 5.26 Å². The lowest BCUT2D eigenvalue weighted by Gasteiger charge is -2.37. The average molecular weight is 424 g/mol. The fourth-order valence-corrected chi connectivity index (χ4v) is 4.60. The molecular weight excluding hydrogens is 394 g/mol. The summed E-state index contributed by atoms with van der Waals surface area (Å²) in [6.07, 6.45) is 7.45. The van der Waals surface area contributed by atoms with E-state index in [2.05, 4.69) is 57.8 Å².